The Hall–Kier alpha value is -2.11. The van der Waals surface area contributed by atoms with Gasteiger partial charge in [-0.1, -0.05) is 30.3 Å². The van der Waals surface area contributed by atoms with Crippen molar-refractivity contribution < 1.29 is 14.1 Å². The zero-order chi connectivity index (χ0) is 17.8. The molecule has 2 aromatic carbocycles. The zero-order valence-corrected chi connectivity index (χ0v) is 15.1. The van der Waals surface area contributed by atoms with Gasteiger partial charge in [-0.15, -0.1) is 0 Å². The third-order valence-electron chi connectivity index (χ3n) is 5.53. The topological polar surface area (TPSA) is 38.8 Å². The van der Waals surface area contributed by atoms with Crippen molar-refractivity contribution in [3.05, 3.63) is 59.7 Å². The first-order chi connectivity index (χ1) is 11.8. The van der Waals surface area contributed by atoms with Crippen molar-refractivity contribution in [3.8, 4) is 0 Å². The Morgan fingerprint density at radius 2 is 1.60 bits per heavy atom. The second kappa shape index (κ2) is 5.45. The van der Waals surface area contributed by atoms with Gasteiger partial charge in [-0.2, -0.15) is 0 Å². The van der Waals surface area contributed by atoms with Crippen molar-refractivity contribution >= 4 is 24.2 Å². The van der Waals surface area contributed by atoms with Crippen molar-refractivity contribution in [1.82, 2.24) is 0 Å². The molecule has 2 aliphatic rings. The average molecular weight is 335 g/mol. The van der Waals surface area contributed by atoms with Crippen LogP contribution >= 0.6 is 0 Å². The Bertz CT molecular complexity index is 816. The van der Waals surface area contributed by atoms with E-state index in [0.717, 1.165) is 22.3 Å². The van der Waals surface area contributed by atoms with Gasteiger partial charge in [0, 0.05) is 11.3 Å². The molecule has 0 aliphatic carbocycles. The van der Waals surface area contributed by atoms with Crippen molar-refractivity contribution in [2.75, 3.05) is 4.90 Å². The molecule has 1 fully saturated rings. The van der Waals surface area contributed by atoms with E-state index in [4.69, 9.17) is 9.31 Å². The summed E-state index contributed by atoms with van der Waals surface area (Å²) in [5.74, 6) is 0.0274. The number of benzene rings is 2. The van der Waals surface area contributed by atoms with Crippen LogP contribution in [0.4, 0.5) is 5.69 Å². The Morgan fingerprint density at radius 1 is 0.960 bits per heavy atom. The van der Waals surface area contributed by atoms with Crippen molar-refractivity contribution in [2.24, 2.45) is 0 Å². The number of rotatable bonds is 2. The maximum atomic E-state index is 12.9. The molecule has 2 aromatic rings. The summed E-state index contributed by atoms with van der Waals surface area (Å²) >= 11 is 0. The summed E-state index contributed by atoms with van der Waals surface area (Å²) in [7, 11) is -0.450. The van der Waals surface area contributed by atoms with E-state index in [1.54, 1.807) is 4.90 Å². The Kier molecular flexibility index (Phi) is 3.57. The number of carbonyl (C=O) groups is 1. The van der Waals surface area contributed by atoms with Gasteiger partial charge >= 0.3 is 7.12 Å². The fourth-order valence-corrected chi connectivity index (χ4v) is 3.26. The van der Waals surface area contributed by atoms with Gasteiger partial charge in [0.05, 0.1) is 17.7 Å². The van der Waals surface area contributed by atoms with Gasteiger partial charge in [0.1, 0.15) is 0 Å². The highest BCUT2D eigenvalue weighted by Crippen LogP contribution is 2.37. The number of carbonyl (C=O) groups excluding carboxylic acids is 1. The van der Waals surface area contributed by atoms with E-state index in [0.29, 0.717) is 6.54 Å². The average Bonchev–Trinajstić information content (AvgIpc) is 3.01. The van der Waals surface area contributed by atoms with Gasteiger partial charge < -0.3 is 14.2 Å². The van der Waals surface area contributed by atoms with Crippen LogP contribution in [0.3, 0.4) is 0 Å². The molecule has 0 saturated carbocycles. The second-order valence-corrected chi connectivity index (χ2v) is 7.73. The van der Waals surface area contributed by atoms with Crippen LogP contribution in [0, 0.1) is 0 Å². The predicted octanol–water partition coefficient (Wildman–Crippen LogP) is 3.15. The molecule has 0 atom stereocenters. The zero-order valence-electron chi connectivity index (χ0n) is 15.1. The first kappa shape index (κ1) is 16.4. The lowest BCUT2D eigenvalue weighted by atomic mass is 9.78. The van der Waals surface area contributed by atoms with Crippen LogP contribution in [0.1, 0.15) is 43.6 Å². The van der Waals surface area contributed by atoms with Gasteiger partial charge in [-0.25, -0.2) is 0 Å². The summed E-state index contributed by atoms with van der Waals surface area (Å²) in [4.78, 5) is 14.7. The summed E-state index contributed by atoms with van der Waals surface area (Å²) in [6, 6.07) is 15.7. The molecule has 0 bridgehead atoms. The molecule has 2 aliphatic heterocycles. The predicted molar refractivity (Wildman–Crippen MR) is 99.1 cm³/mol. The number of anilines is 1. The Balaban J connectivity index is 1.64. The summed E-state index contributed by atoms with van der Waals surface area (Å²) in [6.07, 6.45) is 0. The van der Waals surface area contributed by atoms with Crippen molar-refractivity contribution in [2.45, 2.75) is 45.4 Å². The highest BCUT2D eigenvalue weighted by molar-refractivity contribution is 6.62. The summed E-state index contributed by atoms with van der Waals surface area (Å²) in [5, 5.41) is 0. The molecule has 2 heterocycles. The van der Waals surface area contributed by atoms with E-state index in [2.05, 4.69) is 0 Å². The van der Waals surface area contributed by atoms with Crippen LogP contribution in [0.25, 0.3) is 0 Å². The van der Waals surface area contributed by atoms with E-state index < -0.39 is 18.3 Å². The molecule has 5 heteroatoms. The Morgan fingerprint density at radius 3 is 2.24 bits per heavy atom. The molecule has 4 nitrogen and oxygen atoms in total. The minimum Gasteiger partial charge on any atom is -0.399 e. The molecule has 0 aromatic heterocycles. The molecule has 0 unspecified atom stereocenters. The molecular weight excluding hydrogens is 313 g/mol. The SMILES string of the molecule is CC1(C)OB(c2ccc3c(c2)C(=O)N(c2ccccc2)C3)OC1(C)C. The van der Waals surface area contributed by atoms with Gasteiger partial charge in [-0.05, 0) is 56.9 Å². The largest absolute Gasteiger partial charge is 0.494 e. The number of nitrogens with zero attached hydrogens (tertiary/aromatic N) is 1. The van der Waals surface area contributed by atoms with E-state index >= 15 is 0 Å². The minimum atomic E-state index is -0.450. The van der Waals surface area contributed by atoms with Crippen LogP contribution < -0.4 is 10.4 Å². The Labute approximate surface area is 148 Å². The standard InChI is InChI=1S/C20H22BNO3/c1-19(2)20(3,4)25-21(24-19)15-11-10-14-13-22(18(23)17(14)12-15)16-8-6-5-7-9-16/h5-12H,13H2,1-4H3. The number of hydrogen-bond donors (Lipinski definition) is 0. The van der Waals surface area contributed by atoms with Crippen LogP contribution in [0.5, 0.6) is 0 Å². The third-order valence-corrected chi connectivity index (χ3v) is 5.53. The number of hydrogen-bond acceptors (Lipinski definition) is 3. The molecule has 4 rings (SSSR count). The van der Waals surface area contributed by atoms with Crippen LogP contribution in [-0.4, -0.2) is 24.2 Å². The molecule has 128 valence electrons. The molecule has 0 N–H and O–H groups in total. The first-order valence-corrected chi connectivity index (χ1v) is 8.64. The normalized spacial score (nSPS) is 20.9. The van der Waals surface area contributed by atoms with Crippen LogP contribution in [0.2, 0.25) is 0 Å². The van der Waals surface area contributed by atoms with Gasteiger partial charge in [0.15, 0.2) is 0 Å². The third kappa shape index (κ3) is 2.59. The molecule has 0 radical (unpaired) electrons. The molecular formula is C20H22BNO3. The van der Waals surface area contributed by atoms with Crippen molar-refractivity contribution in [1.29, 1.82) is 0 Å². The smallest absolute Gasteiger partial charge is 0.399 e. The van der Waals surface area contributed by atoms with Gasteiger partial charge in [-0.3, -0.25) is 4.79 Å². The lowest BCUT2D eigenvalue weighted by Crippen LogP contribution is -2.41. The molecule has 1 saturated heterocycles. The first-order valence-electron chi connectivity index (χ1n) is 8.64. The van der Waals surface area contributed by atoms with Gasteiger partial charge in [0.25, 0.3) is 5.91 Å². The summed E-state index contributed by atoms with van der Waals surface area (Å²) < 4.78 is 12.2. The number of para-hydroxylation sites is 1. The van der Waals surface area contributed by atoms with E-state index in [9.17, 15) is 4.79 Å². The van der Waals surface area contributed by atoms with E-state index in [1.165, 1.54) is 0 Å². The van der Waals surface area contributed by atoms with Crippen LogP contribution in [-0.2, 0) is 15.9 Å². The van der Waals surface area contributed by atoms with E-state index in [1.807, 2.05) is 76.2 Å². The molecule has 1 amide bonds. The lowest BCUT2D eigenvalue weighted by molar-refractivity contribution is 0.00578. The minimum absolute atomic E-state index is 0.0274. The molecule has 25 heavy (non-hydrogen) atoms. The highest BCUT2D eigenvalue weighted by Gasteiger charge is 2.52. The quantitative estimate of drug-likeness (QED) is 0.792. The second-order valence-electron chi connectivity index (χ2n) is 7.73. The van der Waals surface area contributed by atoms with Gasteiger partial charge in [0.2, 0.25) is 0 Å². The molecule has 0 spiro atoms. The van der Waals surface area contributed by atoms with Crippen LogP contribution in [0.15, 0.2) is 48.5 Å². The number of fused-ring (bicyclic) bond motifs is 1. The maximum Gasteiger partial charge on any atom is 0.494 e. The monoisotopic (exact) mass is 335 g/mol. The van der Waals surface area contributed by atoms with E-state index in [-0.39, 0.29) is 5.91 Å². The summed E-state index contributed by atoms with van der Waals surface area (Å²) in [5.41, 5.74) is 2.79. The van der Waals surface area contributed by atoms with Crippen molar-refractivity contribution in [3.63, 3.8) is 0 Å². The number of amides is 1. The summed E-state index contributed by atoms with van der Waals surface area (Å²) in [6.45, 7) is 8.72. The highest BCUT2D eigenvalue weighted by atomic mass is 16.7. The fraction of sp³-hybridized carbons (Fsp3) is 0.350. The lowest BCUT2D eigenvalue weighted by Gasteiger charge is -2.32. The fourth-order valence-electron chi connectivity index (χ4n) is 3.26. The maximum absolute atomic E-state index is 12.9.